The molecule has 4 rings (SSSR count). The molecule has 3 aromatic carbocycles. The molecule has 36 heavy (non-hydrogen) atoms. The van der Waals surface area contributed by atoms with Crippen LogP contribution >= 0.6 is 11.8 Å². The summed E-state index contributed by atoms with van der Waals surface area (Å²) in [6.07, 6.45) is 0.493. The van der Waals surface area contributed by atoms with E-state index in [1.54, 1.807) is 31.4 Å². The maximum atomic E-state index is 13.7. The van der Waals surface area contributed by atoms with Crippen molar-refractivity contribution in [3.8, 4) is 11.8 Å². The van der Waals surface area contributed by atoms with E-state index >= 15 is 0 Å². The minimum absolute atomic E-state index is 0.0840. The van der Waals surface area contributed by atoms with E-state index in [0.717, 1.165) is 16.7 Å². The van der Waals surface area contributed by atoms with Gasteiger partial charge in [-0.3, -0.25) is 14.5 Å². The van der Waals surface area contributed by atoms with Crippen molar-refractivity contribution in [3.05, 3.63) is 106 Å². The molecule has 3 aromatic rings. The molecular weight excluding hydrogens is 470 g/mol. The molecular formula is C29H27N3O3S. The normalized spacial score (nSPS) is 17.3. The van der Waals surface area contributed by atoms with Crippen LogP contribution < -0.4 is 15.0 Å². The first-order chi connectivity index (χ1) is 17.4. The molecule has 182 valence electrons. The van der Waals surface area contributed by atoms with E-state index in [1.165, 1.54) is 16.7 Å². The Bertz CT molecular complexity index is 1330. The number of ether oxygens (including phenoxy) is 1. The smallest absolute Gasteiger partial charge is 0.265 e. The summed E-state index contributed by atoms with van der Waals surface area (Å²) in [5.41, 5.74) is 3.56. The molecule has 1 heterocycles. The second kappa shape index (κ2) is 11.1. The Labute approximate surface area is 215 Å². The number of carbonyl (C=O) groups is 2. The molecule has 0 aliphatic carbocycles. The van der Waals surface area contributed by atoms with Gasteiger partial charge in [-0.2, -0.15) is 5.26 Å². The van der Waals surface area contributed by atoms with Gasteiger partial charge in [0.2, 0.25) is 5.91 Å². The summed E-state index contributed by atoms with van der Waals surface area (Å²) in [6.45, 7) is 3.87. The average molecular weight is 498 g/mol. The largest absolute Gasteiger partial charge is 0.497 e. The zero-order valence-corrected chi connectivity index (χ0v) is 21.2. The number of nitrogens with one attached hydrogen (secondary N) is 1. The fourth-order valence-electron chi connectivity index (χ4n) is 4.09. The first-order valence-electron chi connectivity index (χ1n) is 11.6. The molecule has 0 radical (unpaired) electrons. The zero-order chi connectivity index (χ0) is 25.7. The highest BCUT2D eigenvalue weighted by Crippen LogP contribution is 2.42. The summed E-state index contributed by atoms with van der Waals surface area (Å²) in [4.78, 5) is 28.4. The van der Waals surface area contributed by atoms with Crippen molar-refractivity contribution in [2.45, 2.75) is 31.6 Å². The van der Waals surface area contributed by atoms with Gasteiger partial charge in [0.15, 0.2) is 0 Å². The fraction of sp³-hybridized carbons (Fsp3) is 0.207. The lowest BCUT2D eigenvalue weighted by atomic mass is 10.0. The van der Waals surface area contributed by atoms with Gasteiger partial charge in [0.25, 0.3) is 5.91 Å². The topological polar surface area (TPSA) is 82.4 Å². The van der Waals surface area contributed by atoms with Gasteiger partial charge in [-0.15, -0.1) is 0 Å². The van der Waals surface area contributed by atoms with E-state index in [2.05, 4.69) is 11.4 Å². The predicted octanol–water partition coefficient (Wildman–Crippen LogP) is 5.31. The van der Waals surface area contributed by atoms with Crippen molar-refractivity contribution in [1.29, 1.82) is 5.26 Å². The number of aryl methyl sites for hydroxylation is 1. The summed E-state index contributed by atoms with van der Waals surface area (Å²) in [5.74, 6) is -0.0331. The van der Waals surface area contributed by atoms with Crippen LogP contribution in [0.2, 0.25) is 0 Å². The van der Waals surface area contributed by atoms with Gasteiger partial charge in [0, 0.05) is 5.69 Å². The molecule has 0 spiro atoms. The van der Waals surface area contributed by atoms with Crippen LogP contribution in [0.1, 0.15) is 29.7 Å². The number of nitriles is 1. The fourth-order valence-corrected chi connectivity index (χ4v) is 5.38. The summed E-state index contributed by atoms with van der Waals surface area (Å²) in [5, 5.41) is 12.8. The number of thioether (sulfide) groups is 1. The van der Waals surface area contributed by atoms with Crippen molar-refractivity contribution >= 4 is 29.3 Å². The quantitative estimate of drug-likeness (QED) is 0.353. The highest BCUT2D eigenvalue weighted by molar-refractivity contribution is 8.05. The van der Waals surface area contributed by atoms with Crippen molar-refractivity contribution in [1.82, 2.24) is 5.32 Å². The number of hydrogen-bond donors (Lipinski definition) is 1. The monoisotopic (exact) mass is 497 g/mol. The minimum Gasteiger partial charge on any atom is -0.497 e. The third-order valence-electron chi connectivity index (χ3n) is 6.15. The summed E-state index contributed by atoms with van der Waals surface area (Å²) < 4.78 is 5.25. The Morgan fingerprint density at radius 1 is 1.08 bits per heavy atom. The van der Waals surface area contributed by atoms with Gasteiger partial charge in [-0.1, -0.05) is 66.4 Å². The lowest BCUT2D eigenvalue weighted by Gasteiger charge is -2.20. The lowest BCUT2D eigenvalue weighted by molar-refractivity contribution is -0.117. The molecule has 0 bridgehead atoms. The van der Waals surface area contributed by atoms with Crippen LogP contribution in [0, 0.1) is 18.3 Å². The first kappa shape index (κ1) is 25.1. The van der Waals surface area contributed by atoms with Crippen molar-refractivity contribution in [3.63, 3.8) is 0 Å². The van der Waals surface area contributed by atoms with Crippen LogP contribution in [0.5, 0.6) is 5.75 Å². The highest BCUT2D eigenvalue weighted by Gasteiger charge is 2.41. The molecule has 1 fully saturated rings. The number of hydrogen-bond acceptors (Lipinski definition) is 5. The maximum Gasteiger partial charge on any atom is 0.265 e. The Kier molecular flexibility index (Phi) is 7.77. The van der Waals surface area contributed by atoms with Crippen LogP contribution in [0.25, 0.3) is 0 Å². The molecule has 2 atom stereocenters. The second-order valence-corrected chi connectivity index (χ2v) is 9.70. The molecule has 0 saturated carbocycles. The van der Waals surface area contributed by atoms with Crippen LogP contribution in [-0.2, 0) is 16.0 Å². The average Bonchev–Trinajstić information content (AvgIpc) is 3.21. The molecule has 6 nitrogen and oxygen atoms in total. The molecule has 0 aromatic heterocycles. The Morgan fingerprint density at radius 2 is 1.75 bits per heavy atom. The molecule has 7 heteroatoms. The van der Waals surface area contributed by atoms with Gasteiger partial charge in [-0.05, 0) is 61.2 Å². The number of rotatable bonds is 7. The van der Waals surface area contributed by atoms with E-state index in [0.29, 0.717) is 22.9 Å². The standard InChI is InChI=1S/C29H27N3O3S/c1-19-9-7-8-12-22(19)17-26-28(34)32(23-13-15-24(35-3)16-14-23)29(36-26)25(18-30)27(33)31-20(2)21-10-5-4-6-11-21/h4-16,20,26H,17H2,1-3H3,(H,31,33)/b29-25-. The zero-order valence-electron chi connectivity index (χ0n) is 20.4. The number of benzene rings is 3. The lowest BCUT2D eigenvalue weighted by Crippen LogP contribution is -2.33. The molecule has 1 saturated heterocycles. The molecule has 2 unspecified atom stereocenters. The Balaban J connectivity index is 1.71. The van der Waals surface area contributed by atoms with Gasteiger partial charge in [-0.25, -0.2) is 0 Å². The summed E-state index contributed by atoms with van der Waals surface area (Å²) >= 11 is 1.26. The van der Waals surface area contributed by atoms with Gasteiger partial charge in [0.05, 0.1) is 18.4 Å². The SMILES string of the molecule is COc1ccc(N2C(=O)C(Cc3ccccc3C)S/C2=C(/C#N)C(=O)NC(C)c2ccccc2)cc1. The summed E-state index contributed by atoms with van der Waals surface area (Å²) in [7, 11) is 1.57. The van der Waals surface area contributed by atoms with Crippen LogP contribution in [-0.4, -0.2) is 24.2 Å². The molecule has 2 amide bonds. The van der Waals surface area contributed by atoms with Gasteiger partial charge in [0.1, 0.15) is 22.4 Å². The van der Waals surface area contributed by atoms with Crippen molar-refractivity contribution in [2.24, 2.45) is 0 Å². The van der Waals surface area contributed by atoms with E-state index in [-0.39, 0.29) is 17.5 Å². The van der Waals surface area contributed by atoms with E-state index in [4.69, 9.17) is 4.74 Å². The van der Waals surface area contributed by atoms with E-state index in [1.807, 2.05) is 68.4 Å². The number of carbonyl (C=O) groups excluding carboxylic acids is 2. The Hall–Kier alpha value is -4.02. The van der Waals surface area contributed by atoms with Gasteiger partial charge >= 0.3 is 0 Å². The van der Waals surface area contributed by atoms with Crippen LogP contribution in [0.4, 0.5) is 5.69 Å². The van der Waals surface area contributed by atoms with Crippen molar-refractivity contribution in [2.75, 3.05) is 12.0 Å². The summed E-state index contributed by atoms with van der Waals surface area (Å²) in [6, 6.07) is 26.2. The predicted molar refractivity (Wildman–Crippen MR) is 142 cm³/mol. The van der Waals surface area contributed by atoms with Crippen LogP contribution in [0.15, 0.2) is 89.5 Å². The number of methoxy groups -OCH3 is 1. The Morgan fingerprint density at radius 3 is 2.39 bits per heavy atom. The molecule has 1 aliphatic heterocycles. The molecule has 1 N–H and O–H groups in total. The minimum atomic E-state index is -0.515. The number of nitrogens with zero attached hydrogens (tertiary/aromatic N) is 2. The third-order valence-corrected chi connectivity index (χ3v) is 7.41. The third kappa shape index (κ3) is 5.29. The van der Waals surface area contributed by atoms with Crippen LogP contribution in [0.3, 0.4) is 0 Å². The van der Waals surface area contributed by atoms with E-state index < -0.39 is 11.2 Å². The first-order valence-corrected chi connectivity index (χ1v) is 12.5. The van der Waals surface area contributed by atoms with Crippen molar-refractivity contribution < 1.29 is 14.3 Å². The second-order valence-electron chi connectivity index (χ2n) is 8.51. The number of amides is 2. The highest BCUT2D eigenvalue weighted by atomic mass is 32.2. The van der Waals surface area contributed by atoms with Gasteiger partial charge < -0.3 is 10.1 Å². The number of anilines is 1. The molecule has 1 aliphatic rings. The maximum absolute atomic E-state index is 13.7. The van der Waals surface area contributed by atoms with E-state index in [9.17, 15) is 14.9 Å².